The van der Waals surface area contributed by atoms with Gasteiger partial charge in [-0.05, 0) is 47.3 Å². The van der Waals surface area contributed by atoms with Gasteiger partial charge >= 0.3 is 11.9 Å². The van der Waals surface area contributed by atoms with Crippen LogP contribution in [0, 0.1) is 59.2 Å². The van der Waals surface area contributed by atoms with Crippen molar-refractivity contribution >= 4 is 11.9 Å². The summed E-state index contributed by atoms with van der Waals surface area (Å²) in [5, 5.41) is 0. The van der Waals surface area contributed by atoms with E-state index in [4.69, 9.17) is 9.47 Å². The Morgan fingerprint density at radius 1 is 0.700 bits per heavy atom. The van der Waals surface area contributed by atoms with E-state index in [1.165, 1.54) is 14.2 Å². The van der Waals surface area contributed by atoms with Crippen molar-refractivity contribution in [3.05, 3.63) is 12.2 Å². The van der Waals surface area contributed by atoms with Crippen LogP contribution in [0.5, 0.6) is 0 Å². The van der Waals surface area contributed by atoms with E-state index in [-0.39, 0.29) is 23.8 Å². The smallest absolute Gasteiger partial charge is 0.309 e. The molecular weight excluding hydrogens is 256 g/mol. The number of hydrogen-bond donors (Lipinski definition) is 0. The molecule has 6 aliphatic rings. The molecule has 6 aliphatic carbocycles. The van der Waals surface area contributed by atoms with Crippen LogP contribution >= 0.6 is 0 Å². The first-order valence-electron chi connectivity index (χ1n) is 7.54. The summed E-state index contributed by atoms with van der Waals surface area (Å²) >= 11 is 0. The first-order valence-corrected chi connectivity index (χ1v) is 7.54. The van der Waals surface area contributed by atoms with Crippen molar-refractivity contribution in [1.29, 1.82) is 0 Å². The Kier molecular flexibility index (Phi) is 1.87. The van der Waals surface area contributed by atoms with Crippen molar-refractivity contribution in [2.45, 2.75) is 0 Å². The SMILES string of the molecule is COC(=O)[C@@H]1C2C3C4C=CC5C4C2C(C53)[C@H]1C(=O)OC. The molecule has 6 rings (SSSR count). The van der Waals surface area contributed by atoms with Crippen molar-refractivity contribution < 1.29 is 19.1 Å². The lowest BCUT2D eigenvalue weighted by atomic mass is 9.65. The third-order valence-electron chi connectivity index (χ3n) is 7.16. The number of methoxy groups -OCH3 is 2. The highest BCUT2D eigenvalue weighted by Crippen LogP contribution is 2.83. The summed E-state index contributed by atoms with van der Waals surface area (Å²) in [6.07, 6.45) is 4.74. The van der Waals surface area contributed by atoms with E-state index in [0.717, 1.165) is 0 Å². The first kappa shape index (κ1) is 11.4. The molecular formula is C16H18O4. The molecule has 0 amide bonds. The van der Waals surface area contributed by atoms with Crippen LogP contribution in [0.4, 0.5) is 0 Å². The second-order valence-corrected chi connectivity index (χ2v) is 7.10. The maximum absolute atomic E-state index is 12.2. The molecule has 0 heterocycles. The van der Waals surface area contributed by atoms with Gasteiger partial charge in [0.2, 0.25) is 0 Å². The second-order valence-electron chi connectivity index (χ2n) is 7.10. The van der Waals surface area contributed by atoms with Crippen LogP contribution in [-0.2, 0) is 19.1 Å². The fraction of sp³-hybridized carbons (Fsp3) is 0.750. The number of ether oxygens (including phenoxy) is 2. The van der Waals surface area contributed by atoms with E-state index in [0.29, 0.717) is 47.3 Å². The van der Waals surface area contributed by atoms with Crippen LogP contribution < -0.4 is 0 Å². The van der Waals surface area contributed by atoms with E-state index < -0.39 is 0 Å². The Hall–Kier alpha value is -1.32. The normalized spacial score (nSPS) is 58.7. The molecule has 6 unspecified atom stereocenters. The fourth-order valence-electron chi connectivity index (χ4n) is 7.19. The predicted molar refractivity (Wildman–Crippen MR) is 68.1 cm³/mol. The summed E-state index contributed by atoms with van der Waals surface area (Å²) in [6, 6.07) is 0. The van der Waals surface area contributed by atoms with Crippen LogP contribution in [0.2, 0.25) is 0 Å². The van der Waals surface area contributed by atoms with Crippen molar-refractivity contribution in [2.24, 2.45) is 59.2 Å². The molecule has 0 radical (unpaired) electrons. The number of carbonyl (C=O) groups excluding carboxylic acids is 2. The van der Waals surface area contributed by atoms with Crippen LogP contribution in [0.15, 0.2) is 12.2 Å². The monoisotopic (exact) mass is 274 g/mol. The van der Waals surface area contributed by atoms with Crippen molar-refractivity contribution in [3.8, 4) is 0 Å². The molecule has 4 nitrogen and oxygen atoms in total. The molecule has 5 saturated carbocycles. The van der Waals surface area contributed by atoms with E-state index in [1.54, 1.807) is 0 Å². The van der Waals surface area contributed by atoms with Crippen LogP contribution in [0.1, 0.15) is 0 Å². The molecule has 0 spiro atoms. The molecule has 0 aromatic carbocycles. The topological polar surface area (TPSA) is 52.6 Å². The quantitative estimate of drug-likeness (QED) is 0.559. The molecule has 0 aliphatic heterocycles. The highest BCUT2D eigenvalue weighted by molar-refractivity contribution is 5.84. The average molecular weight is 274 g/mol. The average Bonchev–Trinajstić information content (AvgIpc) is 3.23. The van der Waals surface area contributed by atoms with Crippen LogP contribution in [0.3, 0.4) is 0 Å². The zero-order chi connectivity index (χ0) is 13.8. The van der Waals surface area contributed by atoms with Crippen molar-refractivity contribution in [1.82, 2.24) is 0 Å². The van der Waals surface area contributed by atoms with Crippen LogP contribution in [-0.4, -0.2) is 26.2 Å². The van der Waals surface area contributed by atoms with Gasteiger partial charge in [0, 0.05) is 0 Å². The Morgan fingerprint density at radius 2 is 1.15 bits per heavy atom. The second kappa shape index (κ2) is 3.29. The van der Waals surface area contributed by atoms with Gasteiger partial charge in [-0.3, -0.25) is 9.59 Å². The highest BCUT2D eigenvalue weighted by Gasteiger charge is 2.82. The summed E-state index contributed by atoms with van der Waals surface area (Å²) < 4.78 is 10.0. The van der Waals surface area contributed by atoms with Gasteiger partial charge in [0.05, 0.1) is 26.1 Å². The summed E-state index contributed by atoms with van der Waals surface area (Å²) in [5.74, 6) is 3.61. The van der Waals surface area contributed by atoms with Gasteiger partial charge in [0.1, 0.15) is 0 Å². The van der Waals surface area contributed by atoms with E-state index >= 15 is 0 Å². The lowest BCUT2D eigenvalue weighted by molar-refractivity contribution is -0.163. The Labute approximate surface area is 117 Å². The maximum atomic E-state index is 12.2. The van der Waals surface area contributed by atoms with Gasteiger partial charge in [-0.1, -0.05) is 12.2 Å². The highest BCUT2D eigenvalue weighted by atomic mass is 16.5. The summed E-state index contributed by atoms with van der Waals surface area (Å²) in [5.41, 5.74) is 0. The molecule has 0 aromatic rings. The standard InChI is InChI=1S/C16H18O4/c1-19-15(17)13-11-8-5-3-4-6-7(5)10(11)12(9(6)8)14(13)16(18)20-2/h3-14H,1-2H3/t5?,6?,7?,8?,9?,10?,11?,12?,13-,14-/m1/s1. The molecule has 8 atom stereocenters. The van der Waals surface area contributed by atoms with Gasteiger partial charge < -0.3 is 9.47 Å². The molecule has 0 aromatic heterocycles. The Balaban J connectivity index is 1.61. The fourth-order valence-corrected chi connectivity index (χ4v) is 7.19. The number of carbonyl (C=O) groups is 2. The largest absolute Gasteiger partial charge is 0.469 e. The number of allylic oxidation sites excluding steroid dienone is 2. The van der Waals surface area contributed by atoms with Gasteiger partial charge in [0.25, 0.3) is 0 Å². The number of hydrogen-bond acceptors (Lipinski definition) is 4. The lowest BCUT2D eigenvalue weighted by Gasteiger charge is -2.39. The van der Waals surface area contributed by atoms with Crippen molar-refractivity contribution in [2.75, 3.05) is 14.2 Å². The number of esters is 2. The van der Waals surface area contributed by atoms with Gasteiger partial charge in [-0.15, -0.1) is 0 Å². The van der Waals surface area contributed by atoms with Gasteiger partial charge in [-0.2, -0.15) is 0 Å². The molecule has 4 heteroatoms. The minimum Gasteiger partial charge on any atom is -0.469 e. The number of rotatable bonds is 2. The zero-order valence-electron chi connectivity index (χ0n) is 11.6. The predicted octanol–water partition coefficient (Wildman–Crippen LogP) is 1.12. The molecule has 20 heavy (non-hydrogen) atoms. The Morgan fingerprint density at radius 3 is 1.55 bits per heavy atom. The molecule has 8 bridgehead atoms. The van der Waals surface area contributed by atoms with Crippen LogP contribution in [0.25, 0.3) is 0 Å². The minimum atomic E-state index is -0.261. The van der Waals surface area contributed by atoms with E-state index in [1.807, 2.05) is 0 Å². The minimum absolute atomic E-state index is 0.205. The molecule has 5 fully saturated rings. The molecule has 0 N–H and O–H groups in total. The third-order valence-corrected chi connectivity index (χ3v) is 7.16. The summed E-state index contributed by atoms with van der Waals surface area (Å²) in [7, 11) is 2.86. The zero-order valence-corrected chi connectivity index (χ0v) is 11.6. The van der Waals surface area contributed by atoms with E-state index in [9.17, 15) is 9.59 Å². The molecule has 106 valence electrons. The summed E-state index contributed by atoms with van der Waals surface area (Å²) in [6.45, 7) is 0. The van der Waals surface area contributed by atoms with Crippen molar-refractivity contribution in [3.63, 3.8) is 0 Å². The maximum Gasteiger partial charge on any atom is 0.309 e. The van der Waals surface area contributed by atoms with Gasteiger partial charge in [-0.25, -0.2) is 0 Å². The van der Waals surface area contributed by atoms with E-state index in [2.05, 4.69) is 12.2 Å². The lowest BCUT2D eigenvalue weighted by Crippen LogP contribution is -2.44. The molecule has 0 saturated heterocycles. The van der Waals surface area contributed by atoms with Gasteiger partial charge in [0.15, 0.2) is 0 Å². The third kappa shape index (κ3) is 0.895. The Bertz CT molecular complexity index is 507. The first-order chi connectivity index (χ1) is 9.70. The summed E-state index contributed by atoms with van der Waals surface area (Å²) in [4.78, 5) is 24.5.